The molecule has 0 aliphatic heterocycles. The Morgan fingerprint density at radius 3 is 2.58 bits per heavy atom. The zero-order chi connectivity index (χ0) is 23.0. The molecule has 1 aromatic carbocycles. The van der Waals surface area contributed by atoms with Crippen molar-refractivity contribution in [1.29, 1.82) is 0 Å². The highest BCUT2D eigenvalue weighted by atomic mass is 35.5. The lowest BCUT2D eigenvalue weighted by Gasteiger charge is -2.22. The topological polar surface area (TPSA) is 70.2 Å². The van der Waals surface area contributed by atoms with Gasteiger partial charge in [-0.2, -0.15) is 0 Å². The zero-order valence-electron chi connectivity index (χ0n) is 18.9. The predicted molar refractivity (Wildman–Crippen MR) is 128 cm³/mol. The summed E-state index contributed by atoms with van der Waals surface area (Å²) in [5, 5.41) is 9.00. The second kappa shape index (κ2) is 11.6. The number of fused-ring (bicyclic) bond motifs is 1. The van der Waals surface area contributed by atoms with Gasteiger partial charge in [-0.05, 0) is 68.9 Å². The summed E-state index contributed by atoms with van der Waals surface area (Å²) in [6, 6.07) is 7.81. The van der Waals surface area contributed by atoms with E-state index >= 15 is 0 Å². The maximum absolute atomic E-state index is 12.8. The molecule has 1 aromatic rings. The molecule has 0 radical (unpaired) electrons. The van der Waals surface area contributed by atoms with Crippen molar-refractivity contribution in [3.63, 3.8) is 0 Å². The minimum Gasteiger partial charge on any atom is -0.355 e. The highest BCUT2D eigenvalue weighted by molar-refractivity contribution is 6.32. The quantitative estimate of drug-likeness (QED) is 0.327. The largest absolute Gasteiger partial charge is 0.355 e. The van der Waals surface area contributed by atoms with Crippen molar-refractivity contribution >= 4 is 23.5 Å². The van der Waals surface area contributed by atoms with Crippen LogP contribution in [0, 0.1) is 0 Å². The number of carbonyl (C=O) groups excluding carboxylic acids is 2. The first kappa shape index (κ1) is 24.5. The van der Waals surface area contributed by atoms with Crippen molar-refractivity contribution in [2.24, 2.45) is 0 Å². The molecular formula is C25H32ClN3O2. The van der Waals surface area contributed by atoms with E-state index in [1.54, 1.807) is 20.0 Å². The van der Waals surface area contributed by atoms with Crippen LogP contribution in [0.2, 0.25) is 0 Å². The molecule has 1 unspecified atom stereocenters. The van der Waals surface area contributed by atoms with Gasteiger partial charge in [0, 0.05) is 24.2 Å². The van der Waals surface area contributed by atoms with Crippen molar-refractivity contribution in [3.05, 3.63) is 80.9 Å². The number of hydrogen-bond acceptors (Lipinski definition) is 2. The van der Waals surface area contributed by atoms with Crippen molar-refractivity contribution in [2.75, 3.05) is 13.6 Å². The molecule has 0 saturated heterocycles. The van der Waals surface area contributed by atoms with E-state index in [2.05, 4.69) is 41.9 Å². The third-order valence-electron chi connectivity index (χ3n) is 5.56. The van der Waals surface area contributed by atoms with Crippen LogP contribution >= 0.6 is 11.6 Å². The lowest BCUT2D eigenvalue weighted by Crippen LogP contribution is -2.39. The Morgan fingerprint density at radius 2 is 1.90 bits per heavy atom. The van der Waals surface area contributed by atoms with Gasteiger partial charge in [0.15, 0.2) is 0 Å². The second-order valence-corrected chi connectivity index (χ2v) is 8.11. The third kappa shape index (κ3) is 6.59. The molecule has 5 nitrogen and oxygen atoms in total. The average Bonchev–Trinajstić information content (AvgIpc) is 2.88. The highest BCUT2D eigenvalue weighted by Gasteiger charge is 2.23. The van der Waals surface area contributed by atoms with Crippen LogP contribution in [0.1, 0.15) is 51.3 Å². The van der Waals surface area contributed by atoms with E-state index in [4.69, 9.17) is 11.6 Å². The second-order valence-electron chi connectivity index (χ2n) is 7.70. The lowest BCUT2D eigenvalue weighted by molar-refractivity contribution is -0.116. The predicted octanol–water partition coefficient (Wildman–Crippen LogP) is 5.07. The van der Waals surface area contributed by atoms with E-state index in [1.807, 2.05) is 31.2 Å². The highest BCUT2D eigenvalue weighted by Crippen LogP contribution is 2.32. The number of carbonyl (C=O) groups is 2. The molecule has 0 saturated carbocycles. The van der Waals surface area contributed by atoms with Gasteiger partial charge in [-0.25, -0.2) is 4.79 Å². The molecule has 0 spiro atoms. The van der Waals surface area contributed by atoms with Crippen molar-refractivity contribution in [1.82, 2.24) is 16.0 Å². The summed E-state index contributed by atoms with van der Waals surface area (Å²) in [6.07, 6.45) is 7.24. The summed E-state index contributed by atoms with van der Waals surface area (Å²) in [4.78, 5) is 24.5. The smallest absolute Gasteiger partial charge is 0.315 e. The van der Waals surface area contributed by atoms with Gasteiger partial charge in [0.1, 0.15) is 0 Å². The van der Waals surface area contributed by atoms with E-state index in [0.717, 1.165) is 18.4 Å². The number of nitrogens with one attached hydrogen (secondary N) is 3. The molecule has 31 heavy (non-hydrogen) atoms. The van der Waals surface area contributed by atoms with E-state index < -0.39 is 0 Å². The van der Waals surface area contributed by atoms with Crippen LogP contribution in [0.4, 0.5) is 4.79 Å². The van der Waals surface area contributed by atoms with Crippen molar-refractivity contribution in [2.45, 2.75) is 46.6 Å². The minimum atomic E-state index is -0.271. The van der Waals surface area contributed by atoms with E-state index in [-0.39, 0.29) is 24.5 Å². The number of rotatable bonds is 6. The number of halogens is 1. The molecule has 0 aromatic heterocycles. The molecule has 2 rings (SSSR count). The van der Waals surface area contributed by atoms with Gasteiger partial charge >= 0.3 is 6.03 Å². The molecule has 3 N–H and O–H groups in total. The zero-order valence-corrected chi connectivity index (χ0v) is 19.7. The van der Waals surface area contributed by atoms with Crippen LogP contribution < -0.4 is 16.0 Å². The molecular weight excluding hydrogens is 410 g/mol. The number of hydrogen-bond donors (Lipinski definition) is 3. The summed E-state index contributed by atoms with van der Waals surface area (Å²) >= 11 is 6.42. The Balaban J connectivity index is 2.18. The Bertz CT molecular complexity index is 957. The first-order valence-electron chi connectivity index (χ1n) is 10.5. The molecule has 3 amide bonds. The Labute approximate surface area is 190 Å². The van der Waals surface area contributed by atoms with E-state index in [1.165, 1.54) is 16.7 Å². The molecule has 0 heterocycles. The van der Waals surface area contributed by atoms with Gasteiger partial charge in [0.2, 0.25) is 5.91 Å². The number of aryl methyl sites for hydroxylation is 1. The molecule has 0 bridgehead atoms. The van der Waals surface area contributed by atoms with E-state index in [9.17, 15) is 9.59 Å². The van der Waals surface area contributed by atoms with Gasteiger partial charge in [-0.3, -0.25) is 4.79 Å². The average molecular weight is 442 g/mol. The fourth-order valence-corrected chi connectivity index (χ4v) is 3.85. The number of urea groups is 1. The van der Waals surface area contributed by atoms with Crippen LogP contribution in [0.15, 0.2) is 69.8 Å². The van der Waals surface area contributed by atoms with Crippen LogP contribution in [0.25, 0.3) is 0 Å². The maximum Gasteiger partial charge on any atom is 0.315 e. The molecule has 1 atom stereocenters. The summed E-state index contributed by atoms with van der Waals surface area (Å²) in [5.41, 5.74) is 6.08. The van der Waals surface area contributed by atoms with Gasteiger partial charge < -0.3 is 16.0 Å². The van der Waals surface area contributed by atoms with Crippen LogP contribution in [-0.4, -0.2) is 25.5 Å². The summed E-state index contributed by atoms with van der Waals surface area (Å²) in [7, 11) is 1.57. The Morgan fingerprint density at radius 1 is 1.19 bits per heavy atom. The summed E-state index contributed by atoms with van der Waals surface area (Å²) in [6.45, 7) is 8.01. The van der Waals surface area contributed by atoms with Gasteiger partial charge in [0.05, 0.1) is 6.04 Å². The van der Waals surface area contributed by atoms with Crippen molar-refractivity contribution < 1.29 is 9.59 Å². The number of likely N-dealkylation sites (N-methyl/N-ethyl adjacent to an activating group) is 1. The molecule has 0 fully saturated rings. The Kier molecular flexibility index (Phi) is 9.13. The maximum atomic E-state index is 12.8. The third-order valence-corrected chi connectivity index (χ3v) is 5.91. The van der Waals surface area contributed by atoms with Crippen LogP contribution in [-0.2, 0) is 11.2 Å². The molecule has 1 aliphatic rings. The standard InChI is InChI=1S/C25H32ClN3O2/c1-6-9-20(22(26)14-17(3)24(30)27-5)15-28-25(31)29-23-18(4)16(2)12-13-19-10-7-8-11-21(19)23/h6-11,14,23H,12-13,15H2,1-5H3,(H,27,30)(H2,28,29,31)/b9-6-,17-14+,22-20-. The molecule has 166 valence electrons. The Hall–Kier alpha value is -2.79. The van der Waals surface area contributed by atoms with Crippen LogP contribution in [0.3, 0.4) is 0 Å². The first-order valence-corrected chi connectivity index (χ1v) is 10.9. The number of amides is 3. The molecule has 6 heteroatoms. The van der Waals surface area contributed by atoms with Gasteiger partial charge in [-0.15, -0.1) is 0 Å². The van der Waals surface area contributed by atoms with Crippen LogP contribution in [0.5, 0.6) is 0 Å². The molecule has 1 aliphatic carbocycles. The lowest BCUT2D eigenvalue weighted by atomic mass is 9.96. The number of benzene rings is 1. The van der Waals surface area contributed by atoms with Gasteiger partial charge in [-0.1, -0.05) is 53.6 Å². The van der Waals surface area contributed by atoms with Crippen molar-refractivity contribution in [3.8, 4) is 0 Å². The fraction of sp³-hybridized carbons (Fsp3) is 0.360. The normalized spacial score (nSPS) is 17.6. The SMILES string of the molecule is C\C=C/C(CNC(=O)NC1C(C)=C(C)CCc2ccccc21)=C(Cl)\C=C(/C)C(=O)NC. The summed E-state index contributed by atoms with van der Waals surface area (Å²) in [5.74, 6) is -0.201. The van der Waals surface area contributed by atoms with Gasteiger partial charge in [0.25, 0.3) is 0 Å². The fourth-order valence-electron chi connectivity index (χ4n) is 3.56. The van der Waals surface area contributed by atoms with E-state index in [0.29, 0.717) is 16.2 Å². The monoisotopic (exact) mass is 441 g/mol. The minimum absolute atomic E-state index is 0.168. The number of allylic oxidation sites excluding steroid dienone is 4. The first-order chi connectivity index (χ1) is 14.8. The summed E-state index contributed by atoms with van der Waals surface area (Å²) < 4.78 is 0.